The van der Waals surface area contributed by atoms with Gasteiger partial charge in [-0.1, -0.05) is 17.4 Å². The molecule has 3 aromatic heterocycles. The molecule has 0 aliphatic carbocycles. The van der Waals surface area contributed by atoms with Gasteiger partial charge in [0.2, 0.25) is 0 Å². The molecular weight excluding hydrogens is 308 g/mol. The van der Waals surface area contributed by atoms with Crippen LogP contribution < -0.4 is 5.32 Å². The Bertz CT molecular complexity index is 981. The van der Waals surface area contributed by atoms with Crippen LogP contribution in [0.2, 0.25) is 0 Å². The first-order chi connectivity index (χ1) is 11.2. The molecule has 0 saturated heterocycles. The van der Waals surface area contributed by atoms with Crippen molar-refractivity contribution >= 4 is 33.8 Å². The zero-order chi connectivity index (χ0) is 15.8. The molecule has 1 amide bonds. The molecule has 0 radical (unpaired) electrons. The van der Waals surface area contributed by atoms with Crippen molar-refractivity contribution in [2.75, 3.05) is 5.32 Å². The summed E-state index contributed by atoms with van der Waals surface area (Å²) in [5.74, 6) is -0.135. The number of benzene rings is 1. The second-order valence-corrected chi connectivity index (χ2v) is 6.21. The fourth-order valence-corrected chi connectivity index (χ4v) is 3.41. The number of carbonyl (C=O) groups excluding carboxylic acids is 1. The Labute approximate surface area is 136 Å². The molecule has 0 aliphatic heterocycles. The lowest BCUT2D eigenvalue weighted by atomic mass is 10.2. The highest BCUT2D eigenvalue weighted by atomic mass is 32.1. The number of amides is 1. The number of nitrogens with one attached hydrogen (secondary N) is 2. The third-order valence-electron chi connectivity index (χ3n) is 3.63. The van der Waals surface area contributed by atoms with Crippen molar-refractivity contribution in [3.63, 3.8) is 0 Å². The molecule has 0 spiro atoms. The Hall–Kier alpha value is -2.86. The van der Waals surface area contributed by atoms with Crippen LogP contribution in [0.1, 0.15) is 15.4 Å². The molecule has 4 rings (SSSR count). The van der Waals surface area contributed by atoms with E-state index in [-0.39, 0.29) is 5.91 Å². The second-order valence-electron chi connectivity index (χ2n) is 5.24. The van der Waals surface area contributed by atoms with Crippen LogP contribution in [0.4, 0.5) is 5.69 Å². The smallest absolute Gasteiger partial charge is 0.267 e. The number of hydrogen-bond acceptors (Lipinski definition) is 3. The van der Waals surface area contributed by atoms with Gasteiger partial charge in [0.1, 0.15) is 4.88 Å². The lowest BCUT2D eigenvalue weighted by Gasteiger charge is -2.04. The Morgan fingerprint density at radius 3 is 2.91 bits per heavy atom. The summed E-state index contributed by atoms with van der Waals surface area (Å²) in [6.45, 7) is 1.85. The lowest BCUT2D eigenvalue weighted by Crippen LogP contribution is -2.11. The van der Waals surface area contributed by atoms with Gasteiger partial charge in [-0.15, -0.1) is 0 Å². The summed E-state index contributed by atoms with van der Waals surface area (Å²) >= 11 is 1.38. The number of rotatable bonds is 3. The van der Waals surface area contributed by atoms with Crippen LogP contribution in [0.5, 0.6) is 0 Å². The van der Waals surface area contributed by atoms with E-state index >= 15 is 0 Å². The van der Waals surface area contributed by atoms with E-state index in [1.54, 1.807) is 0 Å². The summed E-state index contributed by atoms with van der Waals surface area (Å²) in [7, 11) is 0. The number of H-pyrrole nitrogens is 1. The molecule has 0 bridgehead atoms. The van der Waals surface area contributed by atoms with Gasteiger partial charge in [-0.05, 0) is 42.6 Å². The van der Waals surface area contributed by atoms with Gasteiger partial charge < -0.3 is 14.9 Å². The minimum absolute atomic E-state index is 0.135. The summed E-state index contributed by atoms with van der Waals surface area (Å²) < 4.78 is 1.90. The Morgan fingerprint density at radius 2 is 2.09 bits per heavy atom. The molecule has 0 saturated carbocycles. The lowest BCUT2D eigenvalue weighted by molar-refractivity contribution is 0.103. The molecule has 0 aliphatic rings. The maximum absolute atomic E-state index is 12.5. The third-order valence-corrected chi connectivity index (χ3v) is 4.80. The quantitative estimate of drug-likeness (QED) is 0.599. The number of hydrogen-bond donors (Lipinski definition) is 2. The van der Waals surface area contributed by atoms with Gasteiger partial charge >= 0.3 is 0 Å². The van der Waals surface area contributed by atoms with Crippen LogP contribution in [0.15, 0.2) is 55.0 Å². The number of fused-ring (bicyclic) bond motifs is 1. The van der Waals surface area contributed by atoms with E-state index in [4.69, 9.17) is 0 Å². The zero-order valence-electron chi connectivity index (χ0n) is 12.4. The van der Waals surface area contributed by atoms with E-state index in [0.29, 0.717) is 4.88 Å². The topological polar surface area (TPSA) is 62.7 Å². The van der Waals surface area contributed by atoms with E-state index in [1.165, 1.54) is 11.3 Å². The number of aromatic amines is 1. The number of aromatic nitrogens is 3. The predicted molar refractivity (Wildman–Crippen MR) is 92.4 cm³/mol. The molecule has 3 heterocycles. The average Bonchev–Trinajstić information content (AvgIpc) is 3.26. The van der Waals surface area contributed by atoms with Crippen molar-refractivity contribution in [2.24, 2.45) is 0 Å². The van der Waals surface area contributed by atoms with E-state index in [0.717, 1.165) is 27.4 Å². The summed E-state index contributed by atoms with van der Waals surface area (Å²) in [4.78, 5) is 20.8. The van der Waals surface area contributed by atoms with Crippen LogP contribution in [0.25, 0.3) is 16.0 Å². The summed E-state index contributed by atoms with van der Waals surface area (Å²) in [6.07, 6.45) is 5.71. The highest BCUT2D eigenvalue weighted by Gasteiger charge is 2.16. The molecule has 1 aromatic carbocycles. The molecule has 23 heavy (non-hydrogen) atoms. The number of anilines is 1. The first kappa shape index (κ1) is 13.8. The molecule has 6 heteroatoms. The number of thiazole rings is 1. The van der Waals surface area contributed by atoms with Crippen molar-refractivity contribution in [3.8, 4) is 5.13 Å². The normalized spacial score (nSPS) is 11.0. The van der Waals surface area contributed by atoms with E-state index in [2.05, 4.69) is 15.3 Å². The Balaban J connectivity index is 1.61. The summed E-state index contributed by atoms with van der Waals surface area (Å²) in [5, 5.41) is 4.85. The fourth-order valence-electron chi connectivity index (χ4n) is 2.48. The van der Waals surface area contributed by atoms with Crippen molar-refractivity contribution in [1.82, 2.24) is 14.5 Å². The SMILES string of the molecule is Cc1nc(-n2cccc2)sc1C(=O)Nc1ccc2cc[nH]c2c1. The number of carbonyl (C=O) groups is 1. The molecule has 0 unspecified atom stereocenters. The number of aryl methyl sites for hydroxylation is 1. The van der Waals surface area contributed by atoms with Gasteiger partial charge in [-0.2, -0.15) is 0 Å². The van der Waals surface area contributed by atoms with Gasteiger partial charge in [0, 0.05) is 29.8 Å². The van der Waals surface area contributed by atoms with E-state index in [1.807, 2.05) is 66.5 Å². The van der Waals surface area contributed by atoms with E-state index in [9.17, 15) is 4.79 Å². The summed E-state index contributed by atoms with van der Waals surface area (Å²) in [6, 6.07) is 11.7. The van der Waals surface area contributed by atoms with E-state index < -0.39 is 0 Å². The van der Waals surface area contributed by atoms with Gasteiger partial charge in [-0.25, -0.2) is 4.98 Å². The van der Waals surface area contributed by atoms with Crippen molar-refractivity contribution in [1.29, 1.82) is 0 Å². The maximum Gasteiger partial charge on any atom is 0.267 e. The summed E-state index contributed by atoms with van der Waals surface area (Å²) in [5.41, 5.74) is 2.49. The molecule has 0 fully saturated rings. The highest BCUT2D eigenvalue weighted by molar-refractivity contribution is 7.16. The minimum atomic E-state index is -0.135. The van der Waals surface area contributed by atoms with Crippen LogP contribution in [0.3, 0.4) is 0 Å². The standard InChI is InChI=1S/C17H14N4OS/c1-11-15(23-17(19-11)21-8-2-3-9-21)16(22)20-13-5-4-12-6-7-18-14(12)10-13/h2-10,18H,1H3,(H,20,22). The number of nitrogens with zero attached hydrogens (tertiary/aromatic N) is 2. The van der Waals surface area contributed by atoms with Gasteiger partial charge in [-0.3, -0.25) is 4.79 Å². The Kier molecular flexibility index (Phi) is 3.24. The maximum atomic E-state index is 12.5. The van der Waals surface area contributed by atoms with Crippen molar-refractivity contribution in [3.05, 3.63) is 65.6 Å². The van der Waals surface area contributed by atoms with Gasteiger partial charge in [0.15, 0.2) is 5.13 Å². The van der Waals surface area contributed by atoms with Crippen molar-refractivity contribution in [2.45, 2.75) is 6.92 Å². The van der Waals surface area contributed by atoms with Crippen LogP contribution in [-0.2, 0) is 0 Å². The minimum Gasteiger partial charge on any atom is -0.361 e. The Morgan fingerprint density at radius 1 is 1.26 bits per heavy atom. The van der Waals surface area contributed by atoms with Crippen LogP contribution >= 0.6 is 11.3 Å². The van der Waals surface area contributed by atoms with Gasteiger partial charge in [0.05, 0.1) is 5.69 Å². The largest absolute Gasteiger partial charge is 0.361 e. The third kappa shape index (κ3) is 2.53. The zero-order valence-corrected chi connectivity index (χ0v) is 13.2. The average molecular weight is 322 g/mol. The molecule has 4 aromatic rings. The molecule has 0 atom stereocenters. The van der Waals surface area contributed by atoms with Crippen molar-refractivity contribution < 1.29 is 4.79 Å². The first-order valence-corrected chi connectivity index (χ1v) is 8.01. The molecule has 114 valence electrons. The van der Waals surface area contributed by atoms with Crippen LogP contribution in [-0.4, -0.2) is 20.4 Å². The first-order valence-electron chi connectivity index (χ1n) is 7.20. The predicted octanol–water partition coefficient (Wildman–Crippen LogP) is 3.98. The second kappa shape index (κ2) is 5.40. The highest BCUT2D eigenvalue weighted by Crippen LogP contribution is 2.24. The molecule has 2 N–H and O–H groups in total. The van der Waals surface area contributed by atoms with Gasteiger partial charge in [0.25, 0.3) is 5.91 Å². The molecular formula is C17H14N4OS. The van der Waals surface area contributed by atoms with Crippen LogP contribution in [0, 0.1) is 6.92 Å². The molecule has 5 nitrogen and oxygen atoms in total. The monoisotopic (exact) mass is 322 g/mol. The fraction of sp³-hybridized carbons (Fsp3) is 0.0588.